The Bertz CT molecular complexity index is 394. The first kappa shape index (κ1) is 12.8. The van der Waals surface area contributed by atoms with E-state index in [1.165, 1.54) is 0 Å². The third kappa shape index (κ3) is 2.27. The van der Waals surface area contributed by atoms with Gasteiger partial charge < -0.3 is 15.1 Å². The van der Waals surface area contributed by atoms with Gasteiger partial charge in [-0.2, -0.15) is 0 Å². The first-order chi connectivity index (χ1) is 7.29. The van der Waals surface area contributed by atoms with E-state index >= 15 is 0 Å². The Kier molecular flexibility index (Phi) is 3.43. The Morgan fingerprint density at radius 2 is 2.06 bits per heavy atom. The molecule has 16 heavy (non-hydrogen) atoms. The maximum absolute atomic E-state index is 12.2. The van der Waals surface area contributed by atoms with Gasteiger partial charge in [-0.05, 0) is 33.8 Å². The van der Waals surface area contributed by atoms with Crippen molar-refractivity contribution in [1.29, 1.82) is 0 Å². The number of rotatable bonds is 3. The molecule has 1 heterocycles. The summed E-state index contributed by atoms with van der Waals surface area (Å²) in [7, 11) is 1.76. The van der Waals surface area contributed by atoms with Crippen LogP contribution in [0.1, 0.15) is 35.7 Å². The van der Waals surface area contributed by atoms with E-state index in [-0.39, 0.29) is 11.4 Å². The van der Waals surface area contributed by atoms with E-state index in [1.807, 2.05) is 20.8 Å². The van der Waals surface area contributed by atoms with E-state index in [1.54, 1.807) is 24.9 Å². The maximum atomic E-state index is 12.2. The number of hydrogen-bond acceptors (Lipinski definition) is 3. The summed E-state index contributed by atoms with van der Waals surface area (Å²) in [6, 6.07) is 1.76. The molecule has 0 spiro atoms. The monoisotopic (exact) mass is 224 g/mol. The van der Waals surface area contributed by atoms with Crippen LogP contribution in [0.15, 0.2) is 10.5 Å². The molecule has 0 saturated heterocycles. The molecule has 4 heteroatoms. The standard InChI is InChI=1S/C12H20N2O2/c1-8-6-10(9(2)16-8)11(15)14(5)12(3,4)7-13/h6H,7,13H2,1-5H3. The number of nitrogens with two attached hydrogens (primary N) is 1. The molecule has 4 nitrogen and oxygen atoms in total. The van der Waals surface area contributed by atoms with E-state index in [0.717, 1.165) is 5.76 Å². The summed E-state index contributed by atoms with van der Waals surface area (Å²) in [6.45, 7) is 7.92. The number of amides is 1. The van der Waals surface area contributed by atoms with E-state index in [4.69, 9.17) is 10.2 Å². The topological polar surface area (TPSA) is 59.5 Å². The van der Waals surface area contributed by atoms with Gasteiger partial charge in [-0.1, -0.05) is 0 Å². The highest BCUT2D eigenvalue weighted by Gasteiger charge is 2.28. The van der Waals surface area contributed by atoms with Crippen LogP contribution in [0.4, 0.5) is 0 Å². The number of nitrogens with zero attached hydrogens (tertiary/aromatic N) is 1. The van der Waals surface area contributed by atoms with Crippen molar-refractivity contribution in [2.24, 2.45) is 5.73 Å². The average Bonchev–Trinajstić information content (AvgIpc) is 2.55. The Morgan fingerprint density at radius 3 is 2.44 bits per heavy atom. The molecular weight excluding hydrogens is 204 g/mol. The first-order valence-corrected chi connectivity index (χ1v) is 5.35. The molecular formula is C12H20N2O2. The largest absolute Gasteiger partial charge is 0.466 e. The summed E-state index contributed by atoms with van der Waals surface area (Å²) in [4.78, 5) is 13.9. The average molecular weight is 224 g/mol. The molecule has 1 aromatic heterocycles. The minimum absolute atomic E-state index is 0.0511. The summed E-state index contributed by atoms with van der Waals surface area (Å²) >= 11 is 0. The highest BCUT2D eigenvalue weighted by molar-refractivity contribution is 5.95. The van der Waals surface area contributed by atoms with Crippen LogP contribution in [-0.2, 0) is 0 Å². The second-order valence-electron chi connectivity index (χ2n) is 4.71. The van der Waals surface area contributed by atoms with E-state index in [2.05, 4.69) is 0 Å². The molecule has 2 N–H and O–H groups in total. The third-order valence-electron chi connectivity index (χ3n) is 2.98. The molecule has 90 valence electrons. The van der Waals surface area contributed by atoms with Gasteiger partial charge in [-0.25, -0.2) is 0 Å². The van der Waals surface area contributed by atoms with Gasteiger partial charge >= 0.3 is 0 Å². The van der Waals surface area contributed by atoms with Crippen LogP contribution in [-0.4, -0.2) is 29.9 Å². The van der Waals surface area contributed by atoms with Gasteiger partial charge in [0.1, 0.15) is 11.5 Å². The van der Waals surface area contributed by atoms with Crippen LogP contribution in [0.2, 0.25) is 0 Å². The number of furan rings is 1. The smallest absolute Gasteiger partial charge is 0.257 e. The number of aryl methyl sites for hydroxylation is 2. The van der Waals surface area contributed by atoms with Gasteiger partial charge in [0.05, 0.1) is 5.56 Å². The van der Waals surface area contributed by atoms with Crippen LogP contribution in [0.3, 0.4) is 0 Å². The van der Waals surface area contributed by atoms with Gasteiger partial charge in [0.2, 0.25) is 0 Å². The predicted molar refractivity (Wildman–Crippen MR) is 63.4 cm³/mol. The van der Waals surface area contributed by atoms with Gasteiger partial charge in [0.25, 0.3) is 5.91 Å². The first-order valence-electron chi connectivity index (χ1n) is 5.35. The Balaban J connectivity index is 2.99. The van der Waals surface area contributed by atoms with E-state index < -0.39 is 0 Å². The Morgan fingerprint density at radius 1 is 1.50 bits per heavy atom. The normalized spacial score (nSPS) is 11.6. The molecule has 0 atom stereocenters. The van der Waals surface area contributed by atoms with Crippen LogP contribution < -0.4 is 5.73 Å². The lowest BCUT2D eigenvalue weighted by Crippen LogP contribution is -2.50. The van der Waals surface area contributed by atoms with E-state index in [9.17, 15) is 4.79 Å². The molecule has 1 rings (SSSR count). The predicted octanol–water partition coefficient (Wildman–Crippen LogP) is 1.71. The highest BCUT2D eigenvalue weighted by Crippen LogP contribution is 2.19. The van der Waals surface area contributed by atoms with Crippen LogP contribution in [0.5, 0.6) is 0 Å². The van der Waals surface area contributed by atoms with Gasteiger partial charge in [-0.3, -0.25) is 4.79 Å². The quantitative estimate of drug-likeness (QED) is 0.850. The summed E-state index contributed by atoms with van der Waals surface area (Å²) in [6.07, 6.45) is 0. The number of hydrogen-bond donors (Lipinski definition) is 1. The summed E-state index contributed by atoms with van der Waals surface area (Å²) < 4.78 is 5.35. The summed E-state index contributed by atoms with van der Waals surface area (Å²) in [5.74, 6) is 1.35. The molecule has 0 aliphatic rings. The molecule has 0 aliphatic heterocycles. The van der Waals surface area contributed by atoms with Crippen molar-refractivity contribution in [3.8, 4) is 0 Å². The van der Waals surface area contributed by atoms with Crippen LogP contribution >= 0.6 is 0 Å². The molecule has 0 bridgehead atoms. The molecule has 0 aliphatic carbocycles. The van der Waals surface area contributed by atoms with Crippen molar-refractivity contribution in [2.45, 2.75) is 33.2 Å². The lowest BCUT2D eigenvalue weighted by atomic mass is 10.0. The molecule has 1 aromatic rings. The SMILES string of the molecule is Cc1cc(C(=O)N(C)C(C)(C)CN)c(C)o1. The second kappa shape index (κ2) is 4.29. The fourth-order valence-electron chi connectivity index (χ4n) is 1.44. The van der Waals surface area contributed by atoms with Crippen molar-refractivity contribution < 1.29 is 9.21 Å². The highest BCUT2D eigenvalue weighted by atomic mass is 16.3. The number of carbonyl (C=O) groups excluding carboxylic acids is 1. The molecule has 0 unspecified atom stereocenters. The molecule has 1 amide bonds. The fraction of sp³-hybridized carbons (Fsp3) is 0.583. The van der Waals surface area contributed by atoms with Crippen molar-refractivity contribution in [1.82, 2.24) is 4.90 Å². The number of likely N-dealkylation sites (N-methyl/N-ethyl adjacent to an activating group) is 1. The van der Waals surface area contributed by atoms with Crippen molar-refractivity contribution in [3.63, 3.8) is 0 Å². The minimum atomic E-state index is -0.352. The van der Waals surface area contributed by atoms with Gasteiger partial charge in [0, 0.05) is 19.1 Å². The van der Waals surface area contributed by atoms with Crippen LogP contribution in [0, 0.1) is 13.8 Å². The fourth-order valence-corrected chi connectivity index (χ4v) is 1.44. The second-order valence-corrected chi connectivity index (χ2v) is 4.71. The maximum Gasteiger partial charge on any atom is 0.257 e. The Hall–Kier alpha value is -1.29. The summed E-state index contributed by atoms with van der Waals surface area (Å²) in [5, 5.41) is 0. The lowest BCUT2D eigenvalue weighted by molar-refractivity contribution is 0.0638. The molecule has 0 radical (unpaired) electrons. The van der Waals surface area contributed by atoms with Gasteiger partial charge in [0.15, 0.2) is 0 Å². The van der Waals surface area contributed by atoms with E-state index in [0.29, 0.717) is 17.9 Å². The minimum Gasteiger partial charge on any atom is -0.466 e. The van der Waals surface area contributed by atoms with Crippen molar-refractivity contribution in [3.05, 3.63) is 23.2 Å². The molecule has 0 fully saturated rings. The zero-order valence-electron chi connectivity index (χ0n) is 10.6. The zero-order chi connectivity index (χ0) is 12.5. The summed E-state index contributed by atoms with van der Waals surface area (Å²) in [5.41, 5.74) is 5.91. The third-order valence-corrected chi connectivity index (χ3v) is 2.98. The molecule has 0 aromatic carbocycles. The van der Waals surface area contributed by atoms with Crippen molar-refractivity contribution >= 4 is 5.91 Å². The van der Waals surface area contributed by atoms with Gasteiger partial charge in [-0.15, -0.1) is 0 Å². The van der Waals surface area contributed by atoms with Crippen molar-refractivity contribution in [2.75, 3.05) is 13.6 Å². The Labute approximate surface area is 96.4 Å². The molecule has 0 saturated carbocycles. The van der Waals surface area contributed by atoms with Crippen LogP contribution in [0.25, 0.3) is 0 Å². The lowest BCUT2D eigenvalue weighted by Gasteiger charge is -2.34. The zero-order valence-corrected chi connectivity index (χ0v) is 10.6. The number of carbonyl (C=O) groups is 1.